The highest BCUT2D eigenvalue weighted by molar-refractivity contribution is 7.90. The fourth-order valence-corrected chi connectivity index (χ4v) is 5.53. The van der Waals surface area contributed by atoms with Crippen molar-refractivity contribution in [2.45, 2.75) is 38.8 Å². The van der Waals surface area contributed by atoms with Gasteiger partial charge in [-0.15, -0.1) is 0 Å². The van der Waals surface area contributed by atoms with E-state index in [0.717, 1.165) is 49.2 Å². The molecule has 1 fully saturated rings. The number of hydrogen-bond acceptors (Lipinski definition) is 5. The third-order valence-electron chi connectivity index (χ3n) is 5.73. The van der Waals surface area contributed by atoms with E-state index in [1.807, 2.05) is 0 Å². The van der Waals surface area contributed by atoms with Crippen molar-refractivity contribution in [1.82, 2.24) is 8.87 Å². The Hall–Kier alpha value is -1.90. The predicted octanol–water partition coefficient (Wildman–Crippen LogP) is 2.07. The first-order valence-corrected chi connectivity index (χ1v) is 11.0. The van der Waals surface area contributed by atoms with Gasteiger partial charge in [0, 0.05) is 49.8 Å². The maximum Gasteiger partial charge on any atom is 0.335 e. The molecule has 146 valence electrons. The first-order valence-electron chi connectivity index (χ1n) is 9.37. The van der Waals surface area contributed by atoms with Gasteiger partial charge in [-0.05, 0) is 43.5 Å². The van der Waals surface area contributed by atoms with Crippen LogP contribution in [0, 0.1) is 0 Å². The van der Waals surface area contributed by atoms with Crippen LogP contribution in [0.5, 0.6) is 0 Å². The van der Waals surface area contributed by atoms with Crippen LogP contribution in [0.25, 0.3) is 10.9 Å². The summed E-state index contributed by atoms with van der Waals surface area (Å²) in [5.41, 5.74) is 2.51. The van der Waals surface area contributed by atoms with Gasteiger partial charge in [0.05, 0.1) is 16.8 Å². The molecule has 0 bridgehead atoms. The minimum atomic E-state index is -3.47. The fourth-order valence-electron chi connectivity index (χ4n) is 4.28. The summed E-state index contributed by atoms with van der Waals surface area (Å²) < 4.78 is 32.4. The Labute approximate surface area is 158 Å². The van der Waals surface area contributed by atoms with Crippen molar-refractivity contribution >= 4 is 26.9 Å². The van der Waals surface area contributed by atoms with Crippen LogP contribution in [-0.4, -0.2) is 59.9 Å². The monoisotopic (exact) mass is 392 g/mol. The number of rotatable bonds is 4. The first-order chi connectivity index (χ1) is 12.9. The molecule has 0 unspecified atom stereocenters. The van der Waals surface area contributed by atoms with Crippen molar-refractivity contribution in [2.24, 2.45) is 0 Å². The van der Waals surface area contributed by atoms with E-state index in [1.165, 1.54) is 10.0 Å². The Bertz CT molecular complexity index is 989. The van der Waals surface area contributed by atoms with Gasteiger partial charge < -0.3 is 9.84 Å². The topological polar surface area (TPSA) is 88.8 Å². The van der Waals surface area contributed by atoms with Gasteiger partial charge in [0.2, 0.25) is 10.0 Å². The maximum atomic E-state index is 12.8. The summed E-state index contributed by atoms with van der Waals surface area (Å²) in [6.45, 7) is 4.59. The van der Waals surface area contributed by atoms with Gasteiger partial charge in [0.1, 0.15) is 0 Å². The number of hydrogen-bond donors (Lipinski definition) is 1. The molecular formula is C19H24N2O5S. The number of carboxylic acids is 1. The molecule has 7 nitrogen and oxygen atoms in total. The fraction of sp³-hybridized carbons (Fsp3) is 0.526. The van der Waals surface area contributed by atoms with Crippen molar-refractivity contribution in [3.63, 3.8) is 0 Å². The first kappa shape index (κ1) is 18.5. The number of carboxylic acid groups (broad SMARTS) is 1. The smallest absolute Gasteiger partial charge is 0.335 e. The highest BCUT2D eigenvalue weighted by Gasteiger charge is 2.32. The third kappa shape index (κ3) is 3.15. The molecule has 2 aliphatic heterocycles. The number of fused-ring (bicyclic) bond motifs is 3. The number of aromatic carboxylic acids is 1. The van der Waals surface area contributed by atoms with Crippen molar-refractivity contribution in [3.8, 4) is 0 Å². The Balaban J connectivity index is 1.86. The molecule has 3 heterocycles. The molecule has 0 saturated carbocycles. The zero-order valence-electron chi connectivity index (χ0n) is 15.3. The molecule has 2 aliphatic rings. The van der Waals surface area contributed by atoms with Crippen molar-refractivity contribution < 1.29 is 23.1 Å². The summed E-state index contributed by atoms with van der Waals surface area (Å²) in [6, 6.07) is 5.15. The van der Waals surface area contributed by atoms with E-state index in [1.54, 1.807) is 19.1 Å². The molecule has 4 rings (SSSR count). The van der Waals surface area contributed by atoms with E-state index < -0.39 is 16.0 Å². The number of ether oxygens (including phenoxy) is 1. The molecule has 1 aromatic carbocycles. The van der Waals surface area contributed by atoms with E-state index >= 15 is 0 Å². The second kappa shape index (κ2) is 6.92. The zero-order chi connectivity index (χ0) is 19.2. The lowest BCUT2D eigenvalue weighted by Crippen LogP contribution is -2.42. The molecule has 1 saturated heterocycles. The van der Waals surface area contributed by atoms with Crippen LogP contribution in [-0.2, 0) is 27.7 Å². The van der Waals surface area contributed by atoms with Crippen LogP contribution in [0.15, 0.2) is 18.2 Å². The minimum Gasteiger partial charge on any atom is -0.478 e. The van der Waals surface area contributed by atoms with Crippen LogP contribution in [0.1, 0.15) is 41.4 Å². The zero-order valence-corrected chi connectivity index (χ0v) is 16.2. The lowest BCUT2D eigenvalue weighted by atomic mass is 9.99. The second-order valence-electron chi connectivity index (χ2n) is 7.19. The van der Waals surface area contributed by atoms with Crippen molar-refractivity contribution in [1.29, 1.82) is 0 Å². The molecule has 8 heteroatoms. The summed E-state index contributed by atoms with van der Waals surface area (Å²) in [5.74, 6) is -0.998. The predicted molar refractivity (Wildman–Crippen MR) is 102 cm³/mol. The van der Waals surface area contributed by atoms with Gasteiger partial charge in [-0.2, -0.15) is 0 Å². The molecule has 0 aliphatic carbocycles. The molecule has 27 heavy (non-hydrogen) atoms. The van der Waals surface area contributed by atoms with E-state index in [-0.39, 0.29) is 11.3 Å². The Morgan fingerprint density at radius 3 is 2.70 bits per heavy atom. The quantitative estimate of drug-likeness (QED) is 0.857. The van der Waals surface area contributed by atoms with Crippen LogP contribution in [0.4, 0.5) is 0 Å². The van der Waals surface area contributed by atoms with Crippen LogP contribution in [0.2, 0.25) is 0 Å². The van der Waals surface area contributed by atoms with Crippen molar-refractivity contribution in [2.75, 3.05) is 25.5 Å². The summed E-state index contributed by atoms with van der Waals surface area (Å²) in [5, 5.41) is 10.1. The Kier molecular flexibility index (Phi) is 4.73. The number of nitrogens with zero attached hydrogens (tertiary/aromatic N) is 2. The highest BCUT2D eigenvalue weighted by atomic mass is 32.2. The van der Waals surface area contributed by atoms with E-state index in [2.05, 4.69) is 4.90 Å². The lowest BCUT2D eigenvalue weighted by molar-refractivity contribution is 0.0290. The summed E-state index contributed by atoms with van der Waals surface area (Å²) in [4.78, 5) is 13.8. The minimum absolute atomic E-state index is 0.00752. The number of benzene rings is 1. The third-order valence-corrected chi connectivity index (χ3v) is 7.43. The van der Waals surface area contributed by atoms with Gasteiger partial charge >= 0.3 is 5.97 Å². The average molecular weight is 392 g/mol. The lowest BCUT2D eigenvalue weighted by Gasteiger charge is -2.37. The van der Waals surface area contributed by atoms with Gasteiger partial charge in [0.15, 0.2) is 0 Å². The van der Waals surface area contributed by atoms with E-state index in [0.29, 0.717) is 24.5 Å². The molecule has 0 atom stereocenters. The molecule has 1 N–H and O–H groups in total. The molecule has 0 spiro atoms. The Morgan fingerprint density at radius 1 is 1.30 bits per heavy atom. The van der Waals surface area contributed by atoms with Gasteiger partial charge in [-0.3, -0.25) is 4.90 Å². The van der Waals surface area contributed by atoms with E-state index in [9.17, 15) is 18.3 Å². The standard InChI is InChI=1S/C19H24N2O5S/c1-2-27(24,25)21-17-4-3-13(19(22)23)11-15(17)16-12-20(8-5-18(16)21)14-6-9-26-10-7-14/h3-4,11,14H,2,5-10,12H2,1H3,(H,22,23). The maximum absolute atomic E-state index is 12.8. The SMILES string of the molecule is CCS(=O)(=O)n1c2c(c3cc(C(=O)O)ccc31)CN(C1CCOCC1)CC2. The number of carbonyl (C=O) groups is 1. The van der Waals surface area contributed by atoms with Gasteiger partial charge in [-0.25, -0.2) is 17.2 Å². The Morgan fingerprint density at radius 2 is 2.04 bits per heavy atom. The highest BCUT2D eigenvalue weighted by Crippen LogP contribution is 2.34. The van der Waals surface area contributed by atoms with Crippen LogP contribution >= 0.6 is 0 Å². The van der Waals surface area contributed by atoms with E-state index in [4.69, 9.17) is 4.74 Å². The average Bonchev–Trinajstić information content (AvgIpc) is 3.02. The van der Waals surface area contributed by atoms with Crippen LogP contribution in [0.3, 0.4) is 0 Å². The largest absolute Gasteiger partial charge is 0.478 e. The summed E-state index contributed by atoms with van der Waals surface area (Å²) in [7, 11) is -3.47. The molecule has 2 aromatic rings. The van der Waals surface area contributed by atoms with Crippen LogP contribution < -0.4 is 0 Å². The molecule has 0 radical (unpaired) electrons. The normalized spacial score (nSPS) is 19.3. The van der Waals surface area contributed by atoms with Crippen molar-refractivity contribution in [3.05, 3.63) is 35.0 Å². The number of aromatic nitrogens is 1. The van der Waals surface area contributed by atoms with Gasteiger partial charge in [-0.1, -0.05) is 0 Å². The summed E-state index contributed by atoms with van der Waals surface area (Å²) in [6.07, 6.45) is 2.59. The second-order valence-corrected chi connectivity index (χ2v) is 9.30. The molecule has 0 amide bonds. The van der Waals surface area contributed by atoms with Gasteiger partial charge in [0.25, 0.3) is 0 Å². The molecular weight excluding hydrogens is 368 g/mol. The molecule has 1 aromatic heterocycles. The summed E-state index contributed by atoms with van der Waals surface area (Å²) >= 11 is 0.